The lowest BCUT2D eigenvalue weighted by Crippen LogP contribution is -2.45. The number of benzene rings is 1. The van der Waals surface area contributed by atoms with Gasteiger partial charge in [-0.15, -0.1) is 12.4 Å². The van der Waals surface area contributed by atoms with Crippen LogP contribution in [0.4, 0.5) is 4.39 Å². The quantitative estimate of drug-likeness (QED) is 0.811. The Labute approximate surface area is 160 Å². The Kier molecular flexibility index (Phi) is 8.04. The summed E-state index contributed by atoms with van der Waals surface area (Å²) in [7, 11) is 0. The van der Waals surface area contributed by atoms with Gasteiger partial charge in [0.2, 0.25) is 5.91 Å². The molecule has 0 bridgehead atoms. The number of carbonyl (C=O) groups excluding carboxylic acids is 1. The highest BCUT2D eigenvalue weighted by Gasteiger charge is 2.34. The molecule has 1 heterocycles. The van der Waals surface area contributed by atoms with E-state index in [1.165, 1.54) is 31.4 Å². The summed E-state index contributed by atoms with van der Waals surface area (Å²) in [5.41, 5.74) is 1.13. The van der Waals surface area contributed by atoms with E-state index >= 15 is 0 Å². The number of carbonyl (C=O) groups is 1. The van der Waals surface area contributed by atoms with Gasteiger partial charge in [-0.25, -0.2) is 4.39 Å². The monoisotopic (exact) mass is 386 g/mol. The van der Waals surface area contributed by atoms with Gasteiger partial charge in [0.15, 0.2) is 0 Å². The van der Waals surface area contributed by atoms with Crippen LogP contribution >= 0.6 is 24.2 Å². The third kappa shape index (κ3) is 5.60. The fourth-order valence-corrected chi connectivity index (χ4v) is 4.86. The predicted octanol–water partition coefficient (Wildman–Crippen LogP) is 3.66. The van der Waals surface area contributed by atoms with E-state index in [0.29, 0.717) is 13.0 Å². The zero-order chi connectivity index (χ0) is 16.8. The van der Waals surface area contributed by atoms with Crippen LogP contribution in [-0.4, -0.2) is 36.5 Å². The van der Waals surface area contributed by atoms with Crippen LogP contribution in [0, 0.1) is 5.82 Å². The number of nitrogens with one attached hydrogen (secondary N) is 2. The van der Waals surface area contributed by atoms with Gasteiger partial charge in [0.1, 0.15) is 5.82 Å². The molecular weight excluding hydrogens is 359 g/mol. The topological polar surface area (TPSA) is 41.1 Å². The molecule has 0 radical (unpaired) electrons. The SMILES string of the molecule is Cl.O=C(CC1CSCCN1)NCC1(c2ccc(F)cc2)CCCCC1. The van der Waals surface area contributed by atoms with Crippen molar-refractivity contribution in [2.45, 2.75) is 50.0 Å². The van der Waals surface area contributed by atoms with Crippen LogP contribution in [0.25, 0.3) is 0 Å². The molecule has 2 aliphatic rings. The fraction of sp³-hybridized carbons (Fsp3) is 0.632. The lowest BCUT2D eigenvalue weighted by atomic mass is 9.69. The lowest BCUT2D eigenvalue weighted by Gasteiger charge is -2.38. The molecule has 1 aliphatic heterocycles. The molecule has 6 heteroatoms. The zero-order valence-corrected chi connectivity index (χ0v) is 16.2. The average molecular weight is 387 g/mol. The van der Waals surface area contributed by atoms with Crippen LogP contribution in [0.15, 0.2) is 24.3 Å². The van der Waals surface area contributed by atoms with Crippen LogP contribution in [0.5, 0.6) is 0 Å². The summed E-state index contributed by atoms with van der Waals surface area (Å²) < 4.78 is 13.3. The van der Waals surface area contributed by atoms with Gasteiger partial charge in [0.25, 0.3) is 0 Å². The number of rotatable bonds is 5. The summed E-state index contributed by atoms with van der Waals surface area (Å²) in [4.78, 5) is 12.4. The van der Waals surface area contributed by atoms with Crippen LogP contribution in [-0.2, 0) is 10.2 Å². The number of hydrogen-bond donors (Lipinski definition) is 2. The van der Waals surface area contributed by atoms with Crippen molar-refractivity contribution < 1.29 is 9.18 Å². The van der Waals surface area contributed by atoms with Crippen LogP contribution < -0.4 is 10.6 Å². The minimum Gasteiger partial charge on any atom is -0.355 e. The van der Waals surface area contributed by atoms with Crippen LogP contribution in [0.1, 0.15) is 44.1 Å². The molecule has 1 aliphatic carbocycles. The molecule has 2 fully saturated rings. The molecular formula is C19H28ClFN2OS. The average Bonchev–Trinajstić information content (AvgIpc) is 2.62. The normalized spacial score (nSPS) is 22.7. The number of hydrogen-bond acceptors (Lipinski definition) is 3. The van der Waals surface area contributed by atoms with E-state index in [4.69, 9.17) is 0 Å². The first kappa shape index (κ1) is 20.5. The van der Waals surface area contributed by atoms with E-state index in [9.17, 15) is 9.18 Å². The molecule has 0 aromatic heterocycles. The zero-order valence-electron chi connectivity index (χ0n) is 14.6. The third-order valence-electron chi connectivity index (χ3n) is 5.32. The largest absolute Gasteiger partial charge is 0.355 e. The Morgan fingerprint density at radius 1 is 1.24 bits per heavy atom. The van der Waals surface area contributed by atoms with E-state index in [0.717, 1.165) is 36.5 Å². The van der Waals surface area contributed by atoms with Gasteiger partial charge in [-0.05, 0) is 30.5 Å². The molecule has 0 spiro atoms. The smallest absolute Gasteiger partial charge is 0.221 e. The summed E-state index contributed by atoms with van der Waals surface area (Å²) in [6.45, 7) is 1.65. The van der Waals surface area contributed by atoms with Crippen molar-refractivity contribution in [3.63, 3.8) is 0 Å². The molecule has 3 nitrogen and oxygen atoms in total. The Balaban J connectivity index is 0.00000225. The van der Waals surface area contributed by atoms with Gasteiger partial charge >= 0.3 is 0 Å². The highest BCUT2D eigenvalue weighted by Crippen LogP contribution is 2.39. The molecule has 1 aromatic rings. The Bertz CT molecular complexity index is 543. The molecule has 1 amide bonds. The van der Waals surface area contributed by atoms with Crippen LogP contribution in [0.2, 0.25) is 0 Å². The van der Waals surface area contributed by atoms with Gasteiger partial charge in [0, 0.05) is 42.5 Å². The molecule has 3 rings (SSSR count). The molecule has 1 saturated carbocycles. The van der Waals surface area contributed by atoms with Crippen molar-refractivity contribution in [2.75, 3.05) is 24.6 Å². The lowest BCUT2D eigenvalue weighted by molar-refractivity contribution is -0.121. The first-order valence-corrected chi connectivity index (χ1v) is 10.2. The Morgan fingerprint density at radius 3 is 2.60 bits per heavy atom. The first-order valence-electron chi connectivity index (χ1n) is 9.02. The number of amides is 1. The van der Waals surface area contributed by atoms with Gasteiger partial charge in [-0.1, -0.05) is 31.4 Å². The minimum absolute atomic E-state index is 0. The van der Waals surface area contributed by atoms with Crippen molar-refractivity contribution in [3.05, 3.63) is 35.6 Å². The van der Waals surface area contributed by atoms with E-state index in [1.54, 1.807) is 0 Å². The second-order valence-corrected chi connectivity index (χ2v) is 8.20. The maximum Gasteiger partial charge on any atom is 0.221 e. The molecule has 25 heavy (non-hydrogen) atoms. The molecule has 1 aromatic carbocycles. The van der Waals surface area contributed by atoms with Crippen molar-refractivity contribution in [1.82, 2.24) is 10.6 Å². The van der Waals surface area contributed by atoms with Crippen molar-refractivity contribution in [1.29, 1.82) is 0 Å². The highest BCUT2D eigenvalue weighted by atomic mass is 35.5. The second-order valence-electron chi connectivity index (χ2n) is 7.05. The summed E-state index contributed by atoms with van der Waals surface area (Å²) >= 11 is 1.91. The van der Waals surface area contributed by atoms with Gasteiger partial charge in [0.05, 0.1) is 0 Å². The molecule has 1 unspecified atom stereocenters. The van der Waals surface area contributed by atoms with Crippen LogP contribution in [0.3, 0.4) is 0 Å². The summed E-state index contributed by atoms with van der Waals surface area (Å²) in [6, 6.07) is 7.16. The number of halogens is 2. The third-order valence-corrected chi connectivity index (χ3v) is 6.45. The standard InChI is InChI=1S/C19H27FN2OS.ClH/c20-16-6-4-15(5-7-16)19(8-2-1-3-9-19)14-22-18(23)12-17-13-24-11-10-21-17;/h4-7,17,21H,1-3,8-14H2,(H,22,23);1H. The van der Waals surface area contributed by atoms with E-state index in [-0.39, 0.29) is 35.6 Å². The summed E-state index contributed by atoms with van der Waals surface area (Å²) in [5.74, 6) is 2.07. The van der Waals surface area contributed by atoms with Gasteiger partial charge in [-0.3, -0.25) is 4.79 Å². The first-order chi connectivity index (χ1) is 11.7. The van der Waals surface area contributed by atoms with E-state index in [2.05, 4.69) is 10.6 Å². The maximum absolute atomic E-state index is 13.3. The minimum atomic E-state index is -0.199. The van der Waals surface area contributed by atoms with Gasteiger partial charge < -0.3 is 10.6 Å². The second kappa shape index (κ2) is 9.79. The maximum atomic E-state index is 13.3. The molecule has 1 saturated heterocycles. The number of thioether (sulfide) groups is 1. The Morgan fingerprint density at radius 2 is 1.96 bits per heavy atom. The van der Waals surface area contributed by atoms with Crippen molar-refractivity contribution in [2.24, 2.45) is 0 Å². The molecule has 2 N–H and O–H groups in total. The van der Waals surface area contributed by atoms with Crippen molar-refractivity contribution >= 4 is 30.1 Å². The van der Waals surface area contributed by atoms with Crippen molar-refractivity contribution in [3.8, 4) is 0 Å². The Hall–Kier alpha value is -0.780. The molecule has 1 atom stereocenters. The predicted molar refractivity (Wildman–Crippen MR) is 105 cm³/mol. The fourth-order valence-electron chi connectivity index (χ4n) is 3.91. The summed E-state index contributed by atoms with van der Waals surface area (Å²) in [6.07, 6.45) is 6.28. The summed E-state index contributed by atoms with van der Waals surface area (Å²) in [5, 5.41) is 6.58. The van der Waals surface area contributed by atoms with E-state index in [1.807, 2.05) is 23.9 Å². The highest BCUT2D eigenvalue weighted by molar-refractivity contribution is 7.99. The van der Waals surface area contributed by atoms with Gasteiger partial charge in [-0.2, -0.15) is 11.8 Å². The van der Waals surface area contributed by atoms with E-state index < -0.39 is 0 Å². The molecule has 140 valence electrons.